The molecule has 0 bridgehead atoms. The fraction of sp³-hybridized carbons (Fsp3) is 0.700. The Balaban J connectivity index is 2.60. The van der Waals surface area contributed by atoms with Gasteiger partial charge in [-0.05, 0) is 26.3 Å². The van der Waals surface area contributed by atoms with E-state index in [0.717, 1.165) is 6.07 Å². The minimum atomic E-state index is -4.37. The van der Waals surface area contributed by atoms with E-state index >= 15 is 0 Å². The Morgan fingerprint density at radius 1 is 1.38 bits per heavy atom. The van der Waals surface area contributed by atoms with E-state index in [2.05, 4.69) is 5.10 Å². The maximum atomic E-state index is 12.2. The number of alkyl halides is 3. The van der Waals surface area contributed by atoms with Gasteiger partial charge >= 0.3 is 6.18 Å². The van der Waals surface area contributed by atoms with Crippen LogP contribution >= 0.6 is 0 Å². The van der Waals surface area contributed by atoms with Crippen LogP contribution in [0.5, 0.6) is 0 Å². The first-order valence-corrected chi connectivity index (χ1v) is 4.90. The van der Waals surface area contributed by atoms with E-state index in [4.69, 9.17) is 4.74 Å². The SMILES string of the molecule is COC(C)(C)CCn1ccc(C(F)(F)F)n1. The van der Waals surface area contributed by atoms with Gasteiger partial charge in [0, 0.05) is 19.9 Å². The first-order chi connectivity index (χ1) is 7.24. The fourth-order valence-electron chi connectivity index (χ4n) is 1.12. The third-order valence-corrected chi connectivity index (χ3v) is 2.43. The van der Waals surface area contributed by atoms with Crippen LogP contribution < -0.4 is 0 Å². The first kappa shape index (κ1) is 13.0. The predicted octanol–water partition coefficient (Wildman–Crippen LogP) is 2.72. The number of ether oxygens (including phenoxy) is 1. The Hall–Kier alpha value is -1.04. The van der Waals surface area contributed by atoms with Crippen molar-refractivity contribution < 1.29 is 17.9 Å². The molecule has 0 saturated heterocycles. The highest BCUT2D eigenvalue weighted by Gasteiger charge is 2.33. The molecule has 1 aromatic heterocycles. The fourth-order valence-corrected chi connectivity index (χ4v) is 1.12. The number of aryl methyl sites for hydroxylation is 1. The molecule has 1 aromatic rings. The highest BCUT2D eigenvalue weighted by molar-refractivity contribution is 5.03. The van der Waals surface area contributed by atoms with Gasteiger partial charge < -0.3 is 4.74 Å². The second-order valence-corrected chi connectivity index (χ2v) is 4.18. The number of methoxy groups -OCH3 is 1. The Labute approximate surface area is 92.2 Å². The summed E-state index contributed by atoms with van der Waals surface area (Å²) in [6.07, 6.45) is -2.45. The summed E-state index contributed by atoms with van der Waals surface area (Å²) in [4.78, 5) is 0. The van der Waals surface area contributed by atoms with E-state index < -0.39 is 11.9 Å². The van der Waals surface area contributed by atoms with Crippen molar-refractivity contribution in [1.82, 2.24) is 9.78 Å². The monoisotopic (exact) mass is 236 g/mol. The van der Waals surface area contributed by atoms with Crippen molar-refractivity contribution in [3.05, 3.63) is 18.0 Å². The van der Waals surface area contributed by atoms with Crippen molar-refractivity contribution in [2.45, 2.75) is 38.6 Å². The zero-order valence-electron chi connectivity index (χ0n) is 9.51. The third-order valence-electron chi connectivity index (χ3n) is 2.43. The Morgan fingerprint density at radius 3 is 2.44 bits per heavy atom. The molecule has 0 aromatic carbocycles. The van der Waals surface area contributed by atoms with E-state index in [-0.39, 0.29) is 5.60 Å². The van der Waals surface area contributed by atoms with Crippen LogP contribution in [0.15, 0.2) is 12.3 Å². The smallest absolute Gasteiger partial charge is 0.379 e. The molecule has 0 aliphatic rings. The first-order valence-electron chi connectivity index (χ1n) is 4.90. The van der Waals surface area contributed by atoms with Crippen LogP contribution in [-0.2, 0) is 17.5 Å². The lowest BCUT2D eigenvalue weighted by Crippen LogP contribution is -2.24. The summed E-state index contributed by atoms with van der Waals surface area (Å²) in [5.41, 5.74) is -1.22. The quantitative estimate of drug-likeness (QED) is 0.803. The number of aromatic nitrogens is 2. The van der Waals surface area contributed by atoms with Gasteiger partial charge in [0.2, 0.25) is 0 Å². The van der Waals surface area contributed by atoms with Crippen molar-refractivity contribution in [3.8, 4) is 0 Å². The number of rotatable bonds is 4. The Bertz CT molecular complexity index is 344. The van der Waals surface area contributed by atoms with Gasteiger partial charge in [-0.3, -0.25) is 4.68 Å². The molecule has 1 rings (SSSR count). The second-order valence-electron chi connectivity index (χ2n) is 4.18. The molecule has 0 saturated carbocycles. The van der Waals surface area contributed by atoms with Gasteiger partial charge in [-0.2, -0.15) is 18.3 Å². The zero-order chi connectivity index (χ0) is 12.4. The average Bonchev–Trinajstić information content (AvgIpc) is 2.63. The minimum Gasteiger partial charge on any atom is -0.379 e. The van der Waals surface area contributed by atoms with Crippen molar-refractivity contribution in [2.24, 2.45) is 0 Å². The van der Waals surface area contributed by atoms with Gasteiger partial charge in [-0.15, -0.1) is 0 Å². The molecule has 3 nitrogen and oxygen atoms in total. The summed E-state index contributed by atoms with van der Waals surface area (Å²) < 4.78 is 43.2. The van der Waals surface area contributed by atoms with Gasteiger partial charge in [-0.1, -0.05) is 0 Å². The molecular formula is C10H15F3N2O. The highest BCUT2D eigenvalue weighted by Crippen LogP contribution is 2.27. The zero-order valence-corrected chi connectivity index (χ0v) is 9.51. The van der Waals surface area contributed by atoms with E-state index in [1.165, 1.54) is 10.9 Å². The number of hydrogen-bond acceptors (Lipinski definition) is 2. The molecule has 0 atom stereocenters. The van der Waals surface area contributed by atoms with Gasteiger partial charge in [0.05, 0.1) is 5.60 Å². The lowest BCUT2D eigenvalue weighted by molar-refractivity contribution is -0.141. The second kappa shape index (κ2) is 4.45. The standard InChI is InChI=1S/C10H15F3N2O/c1-9(2,16-3)5-7-15-6-4-8(14-15)10(11,12)13/h4,6H,5,7H2,1-3H3. The maximum absolute atomic E-state index is 12.2. The molecule has 0 spiro atoms. The van der Waals surface area contributed by atoms with Crippen molar-refractivity contribution >= 4 is 0 Å². The summed E-state index contributed by atoms with van der Waals surface area (Å²) in [6, 6.07) is 0.972. The summed E-state index contributed by atoms with van der Waals surface area (Å²) in [5, 5.41) is 3.45. The summed E-state index contributed by atoms with van der Waals surface area (Å²) in [6.45, 7) is 4.15. The van der Waals surface area contributed by atoms with Gasteiger partial charge in [0.1, 0.15) is 0 Å². The Morgan fingerprint density at radius 2 is 2.00 bits per heavy atom. The van der Waals surface area contributed by atoms with E-state index in [1.54, 1.807) is 7.11 Å². The summed E-state index contributed by atoms with van der Waals surface area (Å²) in [5.74, 6) is 0. The molecular weight excluding hydrogens is 221 g/mol. The van der Waals surface area contributed by atoms with Crippen LogP contribution in [0.2, 0.25) is 0 Å². The lowest BCUT2D eigenvalue weighted by Gasteiger charge is -2.22. The molecule has 92 valence electrons. The highest BCUT2D eigenvalue weighted by atomic mass is 19.4. The number of hydrogen-bond donors (Lipinski definition) is 0. The summed E-state index contributed by atoms with van der Waals surface area (Å²) >= 11 is 0. The van der Waals surface area contributed by atoms with Crippen LogP contribution in [0, 0.1) is 0 Å². The molecule has 1 heterocycles. The maximum Gasteiger partial charge on any atom is 0.435 e. The van der Waals surface area contributed by atoms with E-state index in [9.17, 15) is 13.2 Å². The molecule has 0 aliphatic carbocycles. The van der Waals surface area contributed by atoms with Crippen molar-refractivity contribution in [1.29, 1.82) is 0 Å². The molecule has 0 radical (unpaired) electrons. The van der Waals surface area contributed by atoms with Crippen LogP contribution in [0.1, 0.15) is 26.0 Å². The van der Waals surface area contributed by atoms with E-state index in [1.807, 2.05) is 13.8 Å². The topological polar surface area (TPSA) is 27.1 Å². The molecule has 0 amide bonds. The third kappa shape index (κ3) is 3.52. The Kier molecular flexibility index (Phi) is 3.62. The molecule has 16 heavy (non-hydrogen) atoms. The molecule has 0 aliphatic heterocycles. The van der Waals surface area contributed by atoms with E-state index in [0.29, 0.717) is 13.0 Å². The number of nitrogens with zero attached hydrogens (tertiary/aromatic N) is 2. The van der Waals surface area contributed by atoms with Gasteiger partial charge in [0.15, 0.2) is 5.69 Å². The normalized spacial score (nSPS) is 13.1. The molecule has 0 N–H and O–H groups in total. The molecule has 0 unspecified atom stereocenters. The van der Waals surface area contributed by atoms with Gasteiger partial charge in [0.25, 0.3) is 0 Å². The predicted molar refractivity (Wildman–Crippen MR) is 52.9 cm³/mol. The van der Waals surface area contributed by atoms with Crippen LogP contribution in [-0.4, -0.2) is 22.5 Å². The lowest BCUT2D eigenvalue weighted by atomic mass is 10.1. The largest absolute Gasteiger partial charge is 0.435 e. The van der Waals surface area contributed by atoms with Crippen LogP contribution in [0.3, 0.4) is 0 Å². The molecule has 0 fully saturated rings. The summed E-state index contributed by atoms with van der Waals surface area (Å²) in [7, 11) is 1.57. The van der Waals surface area contributed by atoms with Crippen LogP contribution in [0.4, 0.5) is 13.2 Å². The van der Waals surface area contributed by atoms with Crippen molar-refractivity contribution in [2.75, 3.05) is 7.11 Å². The van der Waals surface area contributed by atoms with Gasteiger partial charge in [-0.25, -0.2) is 0 Å². The minimum absolute atomic E-state index is 0.357. The number of halogens is 3. The van der Waals surface area contributed by atoms with Crippen LogP contribution in [0.25, 0.3) is 0 Å². The average molecular weight is 236 g/mol. The molecule has 6 heteroatoms. The van der Waals surface area contributed by atoms with Crippen molar-refractivity contribution in [3.63, 3.8) is 0 Å².